The zero-order valence-electron chi connectivity index (χ0n) is 14.4. The minimum absolute atomic E-state index is 0.0309. The highest BCUT2D eigenvalue weighted by atomic mass is 35.5. The number of piperidine rings is 1. The maximum Gasteiger partial charge on any atom is 0.251 e. The lowest BCUT2D eigenvalue weighted by molar-refractivity contribution is -0.134. The van der Waals surface area contributed by atoms with E-state index in [9.17, 15) is 14.4 Å². The summed E-state index contributed by atoms with van der Waals surface area (Å²) in [6, 6.07) is 6.57. The molecule has 1 fully saturated rings. The number of amides is 3. The van der Waals surface area contributed by atoms with Gasteiger partial charge < -0.3 is 15.5 Å². The van der Waals surface area contributed by atoms with Crippen molar-refractivity contribution in [2.45, 2.75) is 26.2 Å². The third kappa shape index (κ3) is 5.74. The Morgan fingerprint density at radius 3 is 2.56 bits per heavy atom. The summed E-state index contributed by atoms with van der Waals surface area (Å²) in [6.45, 7) is 3.72. The van der Waals surface area contributed by atoms with Crippen LogP contribution in [-0.4, -0.2) is 48.8 Å². The van der Waals surface area contributed by atoms with Crippen molar-refractivity contribution in [3.05, 3.63) is 34.9 Å². The smallest absolute Gasteiger partial charge is 0.251 e. The maximum absolute atomic E-state index is 12.2. The molecule has 1 aromatic carbocycles. The van der Waals surface area contributed by atoms with Crippen molar-refractivity contribution in [2.24, 2.45) is 5.92 Å². The first-order valence-corrected chi connectivity index (χ1v) is 8.98. The van der Waals surface area contributed by atoms with Gasteiger partial charge in [0, 0.05) is 36.1 Å². The van der Waals surface area contributed by atoms with Gasteiger partial charge in [-0.1, -0.05) is 24.6 Å². The van der Waals surface area contributed by atoms with E-state index in [1.54, 1.807) is 29.2 Å². The Hall–Kier alpha value is -2.08. The Morgan fingerprint density at radius 2 is 1.92 bits per heavy atom. The fourth-order valence-electron chi connectivity index (χ4n) is 2.78. The van der Waals surface area contributed by atoms with Gasteiger partial charge in [0.05, 0.1) is 6.54 Å². The Kier molecular flexibility index (Phi) is 7.25. The van der Waals surface area contributed by atoms with Gasteiger partial charge in [0.25, 0.3) is 5.91 Å². The third-order valence-electron chi connectivity index (χ3n) is 4.25. The van der Waals surface area contributed by atoms with Gasteiger partial charge in [0.1, 0.15) is 0 Å². The lowest BCUT2D eigenvalue weighted by Crippen LogP contribution is -2.46. The summed E-state index contributed by atoms with van der Waals surface area (Å²) in [7, 11) is 0. The van der Waals surface area contributed by atoms with Crippen LogP contribution in [0.1, 0.15) is 36.5 Å². The number of benzene rings is 1. The van der Waals surface area contributed by atoms with Crippen LogP contribution in [0.2, 0.25) is 5.02 Å². The van der Waals surface area contributed by atoms with Crippen LogP contribution in [0.15, 0.2) is 24.3 Å². The second-order valence-electron chi connectivity index (χ2n) is 6.14. The van der Waals surface area contributed by atoms with Gasteiger partial charge in [-0.05, 0) is 37.5 Å². The molecule has 0 aromatic heterocycles. The summed E-state index contributed by atoms with van der Waals surface area (Å²) in [5.41, 5.74) is 0.423. The molecule has 7 heteroatoms. The van der Waals surface area contributed by atoms with Crippen molar-refractivity contribution in [2.75, 3.05) is 26.2 Å². The number of hydrogen-bond acceptors (Lipinski definition) is 3. The number of carbonyl (C=O) groups is 3. The molecule has 0 aliphatic carbocycles. The molecule has 1 aliphatic rings. The molecule has 0 saturated carbocycles. The predicted octanol–water partition coefficient (Wildman–Crippen LogP) is 1.83. The molecule has 6 nitrogen and oxygen atoms in total. The summed E-state index contributed by atoms with van der Waals surface area (Å²) in [6.07, 6.45) is 2.22. The fraction of sp³-hybridized carbons (Fsp3) is 0.500. The molecule has 0 bridgehead atoms. The first-order chi connectivity index (χ1) is 12.0. The number of nitrogens with one attached hydrogen (secondary N) is 2. The van der Waals surface area contributed by atoms with Crippen molar-refractivity contribution in [3.63, 3.8) is 0 Å². The standard InChI is InChI=1S/C18H24ClN3O3/c1-2-8-20-17(24)13-6-9-22(10-7-13)16(23)12-21-18(25)14-4-3-5-15(19)11-14/h3-5,11,13H,2,6-10,12H2,1H3,(H,20,24)(H,21,25). The van der Waals surface area contributed by atoms with E-state index in [1.807, 2.05) is 6.92 Å². The molecule has 3 amide bonds. The number of nitrogens with zero attached hydrogens (tertiary/aromatic N) is 1. The normalized spacial score (nSPS) is 14.9. The van der Waals surface area contributed by atoms with Gasteiger partial charge in [0.2, 0.25) is 11.8 Å². The molecule has 1 aromatic rings. The Balaban J connectivity index is 1.75. The first-order valence-electron chi connectivity index (χ1n) is 8.60. The van der Waals surface area contributed by atoms with E-state index < -0.39 is 0 Å². The fourth-order valence-corrected chi connectivity index (χ4v) is 2.97. The number of rotatable bonds is 6. The van der Waals surface area contributed by atoms with Gasteiger partial charge in [-0.15, -0.1) is 0 Å². The van der Waals surface area contributed by atoms with E-state index in [1.165, 1.54) is 0 Å². The quantitative estimate of drug-likeness (QED) is 0.807. The molecule has 2 N–H and O–H groups in total. The van der Waals surface area contributed by atoms with Gasteiger partial charge >= 0.3 is 0 Å². The molecule has 0 unspecified atom stereocenters. The molecule has 1 heterocycles. The third-order valence-corrected chi connectivity index (χ3v) is 4.49. The summed E-state index contributed by atoms with van der Waals surface area (Å²) < 4.78 is 0. The molecule has 136 valence electrons. The van der Waals surface area contributed by atoms with E-state index in [-0.39, 0.29) is 30.2 Å². The maximum atomic E-state index is 12.2. The van der Waals surface area contributed by atoms with Crippen LogP contribution in [-0.2, 0) is 9.59 Å². The molecule has 2 rings (SSSR count). The monoisotopic (exact) mass is 365 g/mol. The molecule has 0 radical (unpaired) electrons. The summed E-state index contributed by atoms with van der Waals surface area (Å²) >= 11 is 5.86. The number of halogens is 1. The van der Waals surface area contributed by atoms with E-state index in [0.717, 1.165) is 6.42 Å². The molecule has 0 atom stereocenters. The van der Waals surface area contributed by atoms with Crippen LogP contribution in [0.4, 0.5) is 0 Å². The van der Waals surface area contributed by atoms with Crippen LogP contribution in [0.3, 0.4) is 0 Å². The highest BCUT2D eigenvalue weighted by molar-refractivity contribution is 6.30. The second kappa shape index (κ2) is 9.42. The summed E-state index contributed by atoms with van der Waals surface area (Å²) in [5, 5.41) is 5.99. The van der Waals surface area contributed by atoms with Crippen LogP contribution < -0.4 is 10.6 Å². The van der Waals surface area contributed by atoms with E-state index in [4.69, 9.17) is 11.6 Å². The lowest BCUT2D eigenvalue weighted by atomic mass is 9.96. The number of hydrogen-bond donors (Lipinski definition) is 2. The van der Waals surface area contributed by atoms with Crippen molar-refractivity contribution in [3.8, 4) is 0 Å². The zero-order valence-corrected chi connectivity index (χ0v) is 15.1. The number of carbonyl (C=O) groups excluding carboxylic acids is 3. The minimum atomic E-state index is -0.329. The molecule has 1 saturated heterocycles. The highest BCUT2D eigenvalue weighted by Crippen LogP contribution is 2.17. The first kappa shape index (κ1) is 19.2. The van der Waals surface area contributed by atoms with Gasteiger partial charge in [-0.25, -0.2) is 0 Å². The number of likely N-dealkylation sites (tertiary alicyclic amines) is 1. The molecule has 0 spiro atoms. The van der Waals surface area contributed by atoms with Crippen molar-refractivity contribution in [1.82, 2.24) is 15.5 Å². The molecular weight excluding hydrogens is 342 g/mol. The molecular formula is C18H24ClN3O3. The van der Waals surface area contributed by atoms with Gasteiger partial charge in [-0.3, -0.25) is 14.4 Å². The Bertz CT molecular complexity index is 628. The van der Waals surface area contributed by atoms with E-state index in [0.29, 0.717) is 43.1 Å². The molecule has 1 aliphatic heterocycles. The Labute approximate surface area is 152 Å². The van der Waals surface area contributed by atoms with Crippen molar-refractivity contribution in [1.29, 1.82) is 0 Å². The SMILES string of the molecule is CCCNC(=O)C1CCN(C(=O)CNC(=O)c2cccc(Cl)c2)CC1. The average Bonchev–Trinajstić information content (AvgIpc) is 2.64. The lowest BCUT2D eigenvalue weighted by Gasteiger charge is -2.31. The van der Waals surface area contributed by atoms with E-state index >= 15 is 0 Å². The van der Waals surface area contributed by atoms with Crippen molar-refractivity contribution >= 4 is 29.3 Å². The van der Waals surface area contributed by atoms with Crippen LogP contribution in [0.25, 0.3) is 0 Å². The minimum Gasteiger partial charge on any atom is -0.356 e. The largest absolute Gasteiger partial charge is 0.356 e. The van der Waals surface area contributed by atoms with Gasteiger partial charge in [-0.2, -0.15) is 0 Å². The van der Waals surface area contributed by atoms with Crippen molar-refractivity contribution < 1.29 is 14.4 Å². The zero-order chi connectivity index (χ0) is 18.2. The summed E-state index contributed by atoms with van der Waals surface area (Å²) in [4.78, 5) is 37.9. The average molecular weight is 366 g/mol. The van der Waals surface area contributed by atoms with E-state index in [2.05, 4.69) is 10.6 Å². The Morgan fingerprint density at radius 1 is 1.20 bits per heavy atom. The second-order valence-corrected chi connectivity index (χ2v) is 6.58. The topological polar surface area (TPSA) is 78.5 Å². The predicted molar refractivity (Wildman–Crippen MR) is 96.4 cm³/mol. The highest BCUT2D eigenvalue weighted by Gasteiger charge is 2.27. The van der Waals surface area contributed by atoms with Crippen LogP contribution in [0.5, 0.6) is 0 Å². The summed E-state index contributed by atoms with van der Waals surface area (Å²) in [5.74, 6) is -0.424. The van der Waals surface area contributed by atoms with Crippen LogP contribution >= 0.6 is 11.6 Å². The molecule has 25 heavy (non-hydrogen) atoms. The van der Waals surface area contributed by atoms with Gasteiger partial charge in [0.15, 0.2) is 0 Å². The van der Waals surface area contributed by atoms with Crippen LogP contribution in [0, 0.1) is 5.92 Å².